The van der Waals surface area contributed by atoms with Gasteiger partial charge in [-0.05, 0) is 16.9 Å². The first-order chi connectivity index (χ1) is 4.97. The van der Waals surface area contributed by atoms with Crippen LogP contribution in [0.25, 0.3) is 5.70 Å². The van der Waals surface area contributed by atoms with Crippen LogP contribution in [0.15, 0.2) is 10.8 Å². The van der Waals surface area contributed by atoms with E-state index in [1.807, 2.05) is 16.7 Å². The Kier molecular flexibility index (Phi) is 1.60. The fraction of sp³-hybridized carbons (Fsp3) is 0. The van der Waals surface area contributed by atoms with E-state index in [-0.39, 0.29) is 0 Å². The third-order valence-electron chi connectivity index (χ3n) is 1.10. The van der Waals surface area contributed by atoms with Crippen molar-refractivity contribution >= 4 is 29.0 Å². The maximum Gasteiger partial charge on any atom is 0.122 e. The highest BCUT2D eigenvalue weighted by molar-refractivity contribution is 8.04. The molecule has 0 saturated carbocycles. The van der Waals surface area contributed by atoms with E-state index in [0.29, 0.717) is 0 Å². The predicted molar refractivity (Wildman–Crippen MR) is 42.9 cm³/mol. The largest absolute Gasteiger partial charge is 0.368 e. The first kappa shape index (κ1) is 6.18. The summed E-state index contributed by atoms with van der Waals surface area (Å²) in [5.41, 5.74) is 1.96. The Bertz CT molecular complexity index is 241. The van der Waals surface area contributed by atoms with Gasteiger partial charge in [0, 0.05) is 5.38 Å². The molecule has 2 heterocycles. The number of hydrogen-bond donors (Lipinski definition) is 1. The molecule has 3 nitrogen and oxygen atoms in total. The second kappa shape index (κ2) is 2.59. The molecule has 0 saturated heterocycles. The summed E-state index contributed by atoms with van der Waals surface area (Å²) in [6.45, 7) is 0. The minimum Gasteiger partial charge on any atom is -0.368 e. The minimum absolute atomic E-state index is 0.922. The standard InChI is InChI=1S/C5H4N3S2/c1-4(6-3-9-1)5-2-10-8-7-5/h1-3,6H. The van der Waals surface area contributed by atoms with Gasteiger partial charge in [0.15, 0.2) is 0 Å². The van der Waals surface area contributed by atoms with Crippen LogP contribution in [0.1, 0.15) is 5.69 Å². The number of aromatic nitrogens is 2. The van der Waals surface area contributed by atoms with Crippen LogP contribution in [0, 0.1) is 5.88 Å². The average molecular weight is 170 g/mol. The van der Waals surface area contributed by atoms with Crippen molar-refractivity contribution in [2.24, 2.45) is 0 Å². The molecule has 1 aliphatic heterocycles. The van der Waals surface area contributed by atoms with Crippen LogP contribution in [0.2, 0.25) is 0 Å². The van der Waals surface area contributed by atoms with Gasteiger partial charge < -0.3 is 5.32 Å². The molecule has 0 atom stereocenters. The molecule has 0 aromatic carbocycles. The lowest BCUT2D eigenvalue weighted by molar-refractivity contribution is 1.09. The highest BCUT2D eigenvalue weighted by Gasteiger charge is 2.08. The monoisotopic (exact) mass is 170 g/mol. The Morgan fingerprint density at radius 3 is 3.10 bits per heavy atom. The van der Waals surface area contributed by atoms with E-state index in [4.69, 9.17) is 0 Å². The van der Waals surface area contributed by atoms with Crippen molar-refractivity contribution in [3.63, 3.8) is 0 Å². The van der Waals surface area contributed by atoms with E-state index >= 15 is 0 Å². The van der Waals surface area contributed by atoms with Crippen LogP contribution in [-0.4, -0.2) is 9.59 Å². The van der Waals surface area contributed by atoms with Crippen LogP contribution < -0.4 is 5.32 Å². The molecular formula is C5H4N3S2. The van der Waals surface area contributed by atoms with E-state index in [1.54, 1.807) is 11.8 Å². The number of hydrogen-bond acceptors (Lipinski definition) is 5. The predicted octanol–water partition coefficient (Wildman–Crippen LogP) is 1.29. The van der Waals surface area contributed by atoms with Gasteiger partial charge in [0.2, 0.25) is 0 Å². The molecule has 0 spiro atoms. The molecular weight excluding hydrogens is 166 g/mol. The summed E-state index contributed by atoms with van der Waals surface area (Å²) in [5, 5.41) is 10.9. The summed E-state index contributed by atoms with van der Waals surface area (Å²) in [4.78, 5) is 0. The van der Waals surface area contributed by atoms with Crippen molar-refractivity contribution in [2.75, 3.05) is 0 Å². The molecule has 51 valence electrons. The number of nitrogens with zero attached hydrogens (tertiary/aromatic N) is 2. The summed E-state index contributed by atoms with van der Waals surface area (Å²) in [6, 6.07) is 0. The molecule has 0 aliphatic carbocycles. The third kappa shape index (κ3) is 1.02. The Morgan fingerprint density at radius 1 is 1.50 bits per heavy atom. The van der Waals surface area contributed by atoms with Crippen LogP contribution in [0.3, 0.4) is 0 Å². The van der Waals surface area contributed by atoms with Gasteiger partial charge in [-0.3, -0.25) is 0 Å². The highest BCUT2D eigenvalue weighted by Crippen LogP contribution is 2.23. The fourth-order valence-electron chi connectivity index (χ4n) is 0.650. The molecule has 1 aromatic heterocycles. The number of thioether (sulfide) groups is 1. The first-order valence-electron chi connectivity index (χ1n) is 2.68. The summed E-state index contributed by atoms with van der Waals surface area (Å²) >= 11 is 2.98. The van der Waals surface area contributed by atoms with Gasteiger partial charge in [0.1, 0.15) is 11.6 Å². The lowest BCUT2D eigenvalue weighted by Crippen LogP contribution is -2.00. The first-order valence-corrected chi connectivity index (χ1v) is 4.46. The molecule has 0 fully saturated rings. The summed E-state index contributed by atoms with van der Waals surface area (Å²) in [6.07, 6.45) is 0. The molecule has 2 rings (SSSR count). The van der Waals surface area contributed by atoms with Gasteiger partial charge in [-0.15, -0.1) is 16.9 Å². The quantitative estimate of drug-likeness (QED) is 0.689. The highest BCUT2D eigenvalue weighted by atomic mass is 32.2. The molecule has 0 amide bonds. The SMILES string of the molecule is [CH]1NC(c2csnn2)=CS1. The summed E-state index contributed by atoms with van der Waals surface area (Å²) < 4.78 is 3.75. The van der Waals surface area contributed by atoms with Crippen LogP contribution in [-0.2, 0) is 0 Å². The third-order valence-corrected chi connectivity index (χ3v) is 2.23. The van der Waals surface area contributed by atoms with E-state index < -0.39 is 0 Å². The van der Waals surface area contributed by atoms with E-state index in [1.165, 1.54) is 11.5 Å². The van der Waals surface area contributed by atoms with Gasteiger partial charge in [0.05, 0.1) is 5.70 Å². The van der Waals surface area contributed by atoms with Crippen molar-refractivity contribution in [1.82, 2.24) is 14.9 Å². The van der Waals surface area contributed by atoms with Crippen molar-refractivity contribution in [3.05, 3.63) is 22.4 Å². The normalized spacial score (nSPS) is 16.6. The van der Waals surface area contributed by atoms with E-state index in [0.717, 1.165) is 11.4 Å². The molecule has 1 N–H and O–H groups in total. The average Bonchev–Trinajstić information content (AvgIpc) is 2.59. The molecule has 1 aromatic rings. The Morgan fingerprint density at radius 2 is 2.50 bits per heavy atom. The van der Waals surface area contributed by atoms with Gasteiger partial charge in [0.25, 0.3) is 0 Å². The van der Waals surface area contributed by atoms with Crippen LogP contribution in [0.5, 0.6) is 0 Å². The van der Waals surface area contributed by atoms with Crippen molar-refractivity contribution in [3.8, 4) is 0 Å². The maximum absolute atomic E-state index is 3.90. The molecule has 5 heteroatoms. The fourth-order valence-corrected chi connectivity index (χ4v) is 1.69. The molecule has 0 bridgehead atoms. The van der Waals surface area contributed by atoms with Gasteiger partial charge in [-0.1, -0.05) is 4.49 Å². The van der Waals surface area contributed by atoms with Crippen LogP contribution in [0.4, 0.5) is 0 Å². The summed E-state index contributed by atoms with van der Waals surface area (Å²) in [7, 11) is 0. The zero-order valence-corrected chi connectivity index (χ0v) is 6.58. The van der Waals surface area contributed by atoms with Gasteiger partial charge >= 0.3 is 0 Å². The van der Waals surface area contributed by atoms with E-state index in [2.05, 4.69) is 14.9 Å². The minimum atomic E-state index is 0.922. The smallest absolute Gasteiger partial charge is 0.122 e. The Hall–Kier alpha value is -0.550. The Balaban J connectivity index is 2.28. The van der Waals surface area contributed by atoms with Crippen molar-refractivity contribution in [2.45, 2.75) is 0 Å². The summed E-state index contributed by atoms with van der Waals surface area (Å²) in [5.74, 6) is 1.91. The topological polar surface area (TPSA) is 37.8 Å². The molecule has 10 heavy (non-hydrogen) atoms. The maximum atomic E-state index is 3.90. The molecule has 0 unspecified atom stereocenters. The van der Waals surface area contributed by atoms with Gasteiger partial charge in [-0.2, -0.15) is 0 Å². The Labute approximate surface area is 66.7 Å². The number of rotatable bonds is 1. The van der Waals surface area contributed by atoms with Crippen molar-refractivity contribution < 1.29 is 0 Å². The van der Waals surface area contributed by atoms with Gasteiger partial charge in [-0.25, -0.2) is 0 Å². The second-order valence-corrected chi connectivity index (χ2v) is 3.07. The van der Waals surface area contributed by atoms with Crippen molar-refractivity contribution in [1.29, 1.82) is 0 Å². The van der Waals surface area contributed by atoms with Crippen LogP contribution >= 0.6 is 23.3 Å². The lowest BCUT2D eigenvalue weighted by Gasteiger charge is -1.93. The molecule has 1 aliphatic rings. The lowest BCUT2D eigenvalue weighted by atomic mass is 10.4. The number of nitrogens with one attached hydrogen (secondary N) is 1. The zero-order chi connectivity index (χ0) is 6.81. The zero-order valence-electron chi connectivity index (χ0n) is 4.94. The molecule has 1 radical (unpaired) electrons. The second-order valence-electron chi connectivity index (χ2n) is 1.72. The van der Waals surface area contributed by atoms with E-state index in [9.17, 15) is 0 Å².